The highest BCUT2D eigenvalue weighted by Crippen LogP contribution is 2.36. The second-order valence-corrected chi connectivity index (χ2v) is 5.07. The summed E-state index contributed by atoms with van der Waals surface area (Å²) in [7, 11) is 0. The largest absolute Gasteiger partial charge is 0.508 e. The molecule has 0 spiro atoms. The van der Waals surface area contributed by atoms with E-state index in [0.717, 1.165) is 30.0 Å². The zero-order valence-corrected chi connectivity index (χ0v) is 10.9. The van der Waals surface area contributed by atoms with Crippen molar-refractivity contribution in [3.05, 3.63) is 64.7 Å². The highest BCUT2D eigenvalue weighted by molar-refractivity contribution is 5.44. The van der Waals surface area contributed by atoms with Crippen LogP contribution in [0.15, 0.2) is 36.4 Å². The van der Waals surface area contributed by atoms with Crippen molar-refractivity contribution in [3.8, 4) is 5.75 Å². The van der Waals surface area contributed by atoms with Crippen molar-refractivity contribution in [2.45, 2.75) is 25.4 Å². The maximum Gasteiger partial charge on any atom is 0.159 e. The van der Waals surface area contributed by atoms with E-state index in [1.807, 2.05) is 12.1 Å². The maximum atomic E-state index is 13.1. The molecule has 0 aromatic heterocycles. The number of fused-ring (bicyclic) bond motifs is 1. The van der Waals surface area contributed by atoms with Gasteiger partial charge in [0.15, 0.2) is 11.6 Å². The van der Waals surface area contributed by atoms with Gasteiger partial charge in [-0.15, -0.1) is 0 Å². The molecule has 0 heterocycles. The lowest BCUT2D eigenvalue weighted by atomic mass is 10.1. The van der Waals surface area contributed by atoms with Crippen molar-refractivity contribution < 1.29 is 13.9 Å². The smallest absolute Gasteiger partial charge is 0.159 e. The molecule has 0 bridgehead atoms. The minimum atomic E-state index is -0.829. The number of phenolic OH excluding ortho intramolecular Hbond substituents is 1. The second kappa shape index (κ2) is 5.21. The minimum Gasteiger partial charge on any atom is -0.508 e. The molecular formula is C16H15F2NO. The Bertz CT molecular complexity index is 642. The lowest BCUT2D eigenvalue weighted by molar-refractivity contribution is 0.469. The highest BCUT2D eigenvalue weighted by atomic mass is 19.2. The van der Waals surface area contributed by atoms with E-state index in [1.165, 1.54) is 6.07 Å². The van der Waals surface area contributed by atoms with Crippen molar-refractivity contribution in [2.24, 2.45) is 0 Å². The van der Waals surface area contributed by atoms with Crippen LogP contribution >= 0.6 is 0 Å². The normalized spacial score (nSPS) is 17.2. The number of aromatic hydroxyl groups is 1. The first kappa shape index (κ1) is 13.1. The first-order chi connectivity index (χ1) is 9.65. The van der Waals surface area contributed by atoms with Crippen LogP contribution in [-0.2, 0) is 13.0 Å². The molecule has 2 nitrogen and oxygen atoms in total. The molecule has 0 saturated carbocycles. The molecule has 0 radical (unpaired) electrons. The third-order valence-corrected chi connectivity index (χ3v) is 3.78. The number of halogens is 2. The van der Waals surface area contributed by atoms with Gasteiger partial charge < -0.3 is 10.4 Å². The molecule has 20 heavy (non-hydrogen) atoms. The predicted octanol–water partition coefficient (Wildman–Crippen LogP) is 3.45. The molecule has 4 heteroatoms. The molecular weight excluding hydrogens is 260 g/mol. The van der Waals surface area contributed by atoms with Gasteiger partial charge in [0.05, 0.1) is 0 Å². The Morgan fingerprint density at radius 1 is 1.15 bits per heavy atom. The summed E-state index contributed by atoms with van der Waals surface area (Å²) in [5.74, 6) is -1.32. The summed E-state index contributed by atoms with van der Waals surface area (Å²) in [4.78, 5) is 0. The molecule has 0 saturated heterocycles. The molecule has 1 aliphatic carbocycles. The Balaban J connectivity index is 1.72. The van der Waals surface area contributed by atoms with Crippen molar-refractivity contribution in [2.75, 3.05) is 0 Å². The molecule has 3 rings (SSSR count). The van der Waals surface area contributed by atoms with Crippen LogP contribution in [0.2, 0.25) is 0 Å². The van der Waals surface area contributed by atoms with Crippen LogP contribution in [-0.4, -0.2) is 5.11 Å². The van der Waals surface area contributed by atoms with Crippen molar-refractivity contribution in [3.63, 3.8) is 0 Å². The highest BCUT2D eigenvalue weighted by Gasteiger charge is 2.23. The zero-order valence-electron chi connectivity index (χ0n) is 10.9. The van der Waals surface area contributed by atoms with Gasteiger partial charge in [-0.3, -0.25) is 0 Å². The summed E-state index contributed by atoms with van der Waals surface area (Å²) in [6.45, 7) is 0.469. The maximum absolute atomic E-state index is 13.1. The predicted molar refractivity (Wildman–Crippen MR) is 72.4 cm³/mol. The fourth-order valence-corrected chi connectivity index (χ4v) is 2.74. The fraction of sp³-hybridized carbons (Fsp3) is 0.250. The van der Waals surface area contributed by atoms with E-state index in [-0.39, 0.29) is 6.04 Å². The van der Waals surface area contributed by atoms with Crippen molar-refractivity contribution in [1.82, 2.24) is 5.32 Å². The number of rotatable bonds is 3. The summed E-state index contributed by atoms with van der Waals surface area (Å²) in [6, 6.07) is 9.57. The van der Waals surface area contributed by atoms with E-state index in [0.29, 0.717) is 17.9 Å². The van der Waals surface area contributed by atoms with Gasteiger partial charge >= 0.3 is 0 Å². The Kier molecular flexibility index (Phi) is 3.40. The van der Waals surface area contributed by atoms with Gasteiger partial charge in [0.25, 0.3) is 0 Å². The van der Waals surface area contributed by atoms with Crippen LogP contribution in [0.4, 0.5) is 8.78 Å². The SMILES string of the molecule is Oc1cccc2c1CCC2NCc1ccc(F)c(F)c1. The molecule has 2 N–H and O–H groups in total. The van der Waals surface area contributed by atoms with E-state index >= 15 is 0 Å². The van der Waals surface area contributed by atoms with E-state index in [2.05, 4.69) is 5.32 Å². The standard InChI is InChI=1S/C16H15F2NO/c17-13-6-4-10(8-14(13)18)9-19-15-7-5-12-11(15)2-1-3-16(12)20/h1-4,6,8,15,19-20H,5,7,9H2. The van der Waals surface area contributed by atoms with E-state index in [4.69, 9.17) is 0 Å². The summed E-state index contributed by atoms with van der Waals surface area (Å²) >= 11 is 0. The molecule has 1 aliphatic rings. The Morgan fingerprint density at radius 3 is 2.80 bits per heavy atom. The van der Waals surface area contributed by atoms with Crippen LogP contribution in [0.1, 0.15) is 29.2 Å². The van der Waals surface area contributed by atoms with Gasteiger partial charge in [0.1, 0.15) is 5.75 Å². The average molecular weight is 275 g/mol. The number of hydrogen-bond acceptors (Lipinski definition) is 2. The van der Waals surface area contributed by atoms with Crippen molar-refractivity contribution >= 4 is 0 Å². The zero-order chi connectivity index (χ0) is 14.1. The van der Waals surface area contributed by atoms with Gasteiger partial charge in [0, 0.05) is 12.6 Å². The van der Waals surface area contributed by atoms with Gasteiger partial charge in [-0.2, -0.15) is 0 Å². The van der Waals surface area contributed by atoms with E-state index in [9.17, 15) is 13.9 Å². The van der Waals surface area contributed by atoms with Crippen LogP contribution in [0.25, 0.3) is 0 Å². The summed E-state index contributed by atoms with van der Waals surface area (Å²) in [5, 5.41) is 13.1. The lowest BCUT2D eigenvalue weighted by Crippen LogP contribution is -2.18. The van der Waals surface area contributed by atoms with Gasteiger partial charge in [-0.1, -0.05) is 18.2 Å². The first-order valence-corrected chi connectivity index (χ1v) is 6.63. The summed E-state index contributed by atoms with van der Waals surface area (Å²) in [6.07, 6.45) is 1.73. The number of benzene rings is 2. The number of nitrogens with one attached hydrogen (secondary N) is 1. The molecule has 2 aromatic carbocycles. The quantitative estimate of drug-likeness (QED) is 0.899. The average Bonchev–Trinajstić information content (AvgIpc) is 2.85. The molecule has 1 unspecified atom stereocenters. The summed E-state index contributed by atoms with van der Waals surface area (Å²) < 4.78 is 26.0. The van der Waals surface area contributed by atoms with E-state index < -0.39 is 11.6 Å². The van der Waals surface area contributed by atoms with Crippen LogP contribution in [0.5, 0.6) is 5.75 Å². The molecule has 0 aliphatic heterocycles. The summed E-state index contributed by atoms with van der Waals surface area (Å²) in [5.41, 5.74) is 2.78. The molecule has 0 amide bonds. The third-order valence-electron chi connectivity index (χ3n) is 3.78. The van der Waals surface area contributed by atoms with Crippen molar-refractivity contribution in [1.29, 1.82) is 0 Å². The second-order valence-electron chi connectivity index (χ2n) is 5.07. The molecule has 0 fully saturated rings. The van der Waals surface area contributed by atoms with Gasteiger partial charge in [-0.05, 0) is 47.7 Å². The monoisotopic (exact) mass is 275 g/mol. The number of phenols is 1. The van der Waals surface area contributed by atoms with Crippen LogP contribution < -0.4 is 5.32 Å². The topological polar surface area (TPSA) is 32.3 Å². The molecule has 1 atom stereocenters. The minimum absolute atomic E-state index is 0.144. The molecule has 104 valence electrons. The number of hydrogen-bond donors (Lipinski definition) is 2. The van der Waals surface area contributed by atoms with E-state index in [1.54, 1.807) is 12.1 Å². The van der Waals surface area contributed by atoms with Crippen LogP contribution in [0, 0.1) is 11.6 Å². The third kappa shape index (κ3) is 2.39. The fourth-order valence-electron chi connectivity index (χ4n) is 2.74. The lowest BCUT2D eigenvalue weighted by Gasteiger charge is -2.14. The Hall–Kier alpha value is -1.94. The van der Waals surface area contributed by atoms with Gasteiger partial charge in [-0.25, -0.2) is 8.78 Å². The molecule has 2 aromatic rings. The van der Waals surface area contributed by atoms with Gasteiger partial charge in [0.2, 0.25) is 0 Å². The Labute approximate surface area is 116 Å². The first-order valence-electron chi connectivity index (χ1n) is 6.63. The van der Waals surface area contributed by atoms with Crippen LogP contribution in [0.3, 0.4) is 0 Å². The Morgan fingerprint density at radius 2 is 2.00 bits per heavy atom.